The van der Waals surface area contributed by atoms with Crippen LogP contribution in [0.3, 0.4) is 0 Å². The summed E-state index contributed by atoms with van der Waals surface area (Å²) < 4.78 is 5.83. The molecule has 0 aromatic carbocycles. The second kappa shape index (κ2) is 4.40. The van der Waals surface area contributed by atoms with Crippen molar-refractivity contribution in [3.63, 3.8) is 0 Å². The van der Waals surface area contributed by atoms with E-state index in [-0.39, 0.29) is 11.9 Å². The van der Waals surface area contributed by atoms with Crippen LogP contribution in [-0.4, -0.2) is 21.7 Å². The lowest BCUT2D eigenvalue weighted by molar-refractivity contribution is -0.114. The van der Waals surface area contributed by atoms with Crippen LogP contribution in [0.15, 0.2) is 12.2 Å². The van der Waals surface area contributed by atoms with Crippen molar-refractivity contribution in [2.45, 2.75) is 45.3 Å². The molecule has 0 aliphatic heterocycles. The van der Waals surface area contributed by atoms with E-state index in [0.29, 0.717) is 17.4 Å². The van der Waals surface area contributed by atoms with Gasteiger partial charge in [-0.15, -0.1) is 0 Å². The molecule has 0 bridgehead atoms. The van der Waals surface area contributed by atoms with Crippen LogP contribution in [0.1, 0.15) is 34.1 Å². The van der Waals surface area contributed by atoms with Crippen molar-refractivity contribution in [1.82, 2.24) is 0 Å². The van der Waals surface area contributed by atoms with Crippen LogP contribution < -0.4 is 0 Å². The molecule has 14 heavy (non-hydrogen) atoms. The highest BCUT2D eigenvalue weighted by molar-refractivity contribution is 6.32. The third-order valence-electron chi connectivity index (χ3n) is 3.13. The van der Waals surface area contributed by atoms with E-state index in [9.17, 15) is 4.79 Å². The maximum atomic E-state index is 11.0. The number of carbonyl (C=O) groups excluding carboxylic acids is 1. The molecule has 0 aromatic heterocycles. The fourth-order valence-corrected chi connectivity index (χ4v) is 2.36. The zero-order valence-corrected chi connectivity index (χ0v) is 11.0. The lowest BCUT2D eigenvalue weighted by atomic mass is 9.99. The Morgan fingerprint density at radius 1 is 1.57 bits per heavy atom. The minimum Gasteiger partial charge on any atom is -0.417 e. The van der Waals surface area contributed by atoms with E-state index in [1.54, 1.807) is 6.08 Å². The van der Waals surface area contributed by atoms with Gasteiger partial charge in [-0.2, -0.15) is 0 Å². The molecule has 0 fully saturated rings. The van der Waals surface area contributed by atoms with E-state index in [0.717, 1.165) is 0 Å². The van der Waals surface area contributed by atoms with E-state index in [1.807, 2.05) is 6.08 Å². The van der Waals surface area contributed by atoms with Gasteiger partial charge in [-0.05, 0) is 17.0 Å². The molecular formula is C11H20O2Si. The maximum absolute atomic E-state index is 11.0. The Bertz CT molecular complexity index is 244. The fourth-order valence-electron chi connectivity index (χ4n) is 1.15. The lowest BCUT2D eigenvalue weighted by Crippen LogP contribution is -2.25. The highest BCUT2D eigenvalue weighted by Gasteiger charge is 2.26. The van der Waals surface area contributed by atoms with E-state index in [1.165, 1.54) is 0 Å². The van der Waals surface area contributed by atoms with Crippen molar-refractivity contribution in [3.05, 3.63) is 12.2 Å². The van der Waals surface area contributed by atoms with Crippen LogP contribution in [0.4, 0.5) is 0 Å². The topological polar surface area (TPSA) is 26.3 Å². The molecule has 3 heteroatoms. The van der Waals surface area contributed by atoms with Crippen LogP contribution >= 0.6 is 0 Å². The Balaban J connectivity index is 2.34. The molecule has 0 amide bonds. The van der Waals surface area contributed by atoms with Crippen LogP contribution in [-0.2, 0) is 9.22 Å². The lowest BCUT2D eigenvalue weighted by Gasteiger charge is -2.29. The summed E-state index contributed by atoms with van der Waals surface area (Å²) in [4.78, 5) is 11.0. The van der Waals surface area contributed by atoms with Gasteiger partial charge in [0.1, 0.15) is 0 Å². The first-order chi connectivity index (χ1) is 6.42. The molecule has 0 radical (unpaired) electrons. The monoisotopic (exact) mass is 212 g/mol. The summed E-state index contributed by atoms with van der Waals surface area (Å²) in [5.41, 5.74) is 0. The Morgan fingerprint density at radius 2 is 2.21 bits per heavy atom. The molecular weight excluding hydrogens is 192 g/mol. The predicted octanol–water partition coefficient (Wildman–Crippen LogP) is 1.84. The molecule has 1 aliphatic rings. The molecule has 0 saturated heterocycles. The van der Waals surface area contributed by atoms with Gasteiger partial charge in [0.25, 0.3) is 0 Å². The quantitative estimate of drug-likeness (QED) is 0.665. The third kappa shape index (κ3) is 3.06. The number of rotatable bonds is 4. The van der Waals surface area contributed by atoms with E-state index < -0.39 is 9.76 Å². The van der Waals surface area contributed by atoms with Gasteiger partial charge in [0.15, 0.2) is 15.5 Å². The fraction of sp³-hybridized carbons (Fsp3) is 0.727. The van der Waals surface area contributed by atoms with E-state index in [2.05, 4.69) is 27.7 Å². The van der Waals surface area contributed by atoms with Gasteiger partial charge in [0.05, 0.1) is 6.10 Å². The smallest absolute Gasteiger partial charge is 0.168 e. The van der Waals surface area contributed by atoms with E-state index in [4.69, 9.17) is 4.43 Å². The van der Waals surface area contributed by atoms with Gasteiger partial charge < -0.3 is 4.43 Å². The number of allylic oxidation sites excluding steroid dienone is 1. The molecule has 1 rings (SSSR count). The molecule has 0 heterocycles. The average Bonchev–Trinajstić information content (AvgIpc) is 2.48. The van der Waals surface area contributed by atoms with Gasteiger partial charge in [-0.1, -0.05) is 33.8 Å². The molecule has 80 valence electrons. The van der Waals surface area contributed by atoms with Crippen molar-refractivity contribution >= 4 is 15.5 Å². The maximum Gasteiger partial charge on any atom is 0.168 e. The summed E-state index contributed by atoms with van der Waals surface area (Å²) in [6, 6.07) is 0. The SMILES string of the molecule is CC(C)C(C)(C)[SiH2]OC1C=CC(=O)C1. The van der Waals surface area contributed by atoms with Gasteiger partial charge >= 0.3 is 0 Å². The van der Waals surface area contributed by atoms with E-state index >= 15 is 0 Å². The molecule has 2 nitrogen and oxygen atoms in total. The van der Waals surface area contributed by atoms with Crippen molar-refractivity contribution in [2.75, 3.05) is 0 Å². The van der Waals surface area contributed by atoms with Gasteiger partial charge in [-0.25, -0.2) is 0 Å². The summed E-state index contributed by atoms with van der Waals surface area (Å²) >= 11 is 0. The molecule has 0 saturated carbocycles. The number of hydrogen-bond donors (Lipinski definition) is 0. The Labute approximate surface area is 88.7 Å². The summed E-state index contributed by atoms with van der Waals surface area (Å²) in [6.45, 7) is 8.97. The summed E-state index contributed by atoms with van der Waals surface area (Å²) in [7, 11) is -0.564. The average molecular weight is 212 g/mol. The highest BCUT2D eigenvalue weighted by Crippen LogP contribution is 2.33. The zero-order chi connectivity index (χ0) is 10.8. The predicted molar refractivity (Wildman–Crippen MR) is 61.1 cm³/mol. The number of hydrogen-bond acceptors (Lipinski definition) is 2. The standard InChI is InChI=1S/C11H20O2Si/c1-8(2)11(3,4)14-13-10-6-5-9(12)7-10/h5-6,8,10H,7,14H2,1-4H3. The Morgan fingerprint density at radius 3 is 2.64 bits per heavy atom. The molecule has 0 spiro atoms. The normalized spacial score (nSPS) is 23.2. The zero-order valence-electron chi connectivity index (χ0n) is 9.54. The van der Waals surface area contributed by atoms with Crippen LogP contribution in [0.25, 0.3) is 0 Å². The second-order valence-corrected chi connectivity index (χ2v) is 7.47. The molecule has 0 N–H and O–H groups in total. The van der Waals surface area contributed by atoms with Crippen molar-refractivity contribution in [1.29, 1.82) is 0 Å². The largest absolute Gasteiger partial charge is 0.417 e. The molecule has 1 unspecified atom stereocenters. The first-order valence-corrected chi connectivity index (χ1v) is 6.53. The Kier molecular flexibility index (Phi) is 3.67. The minimum atomic E-state index is -0.564. The van der Waals surface area contributed by atoms with Gasteiger partial charge in [-0.3, -0.25) is 4.79 Å². The van der Waals surface area contributed by atoms with Crippen molar-refractivity contribution in [3.8, 4) is 0 Å². The molecule has 1 atom stereocenters. The van der Waals surface area contributed by atoms with Crippen molar-refractivity contribution in [2.24, 2.45) is 5.92 Å². The summed E-state index contributed by atoms with van der Waals surface area (Å²) in [5, 5.41) is 0.319. The van der Waals surface area contributed by atoms with Crippen LogP contribution in [0.5, 0.6) is 0 Å². The summed E-state index contributed by atoms with van der Waals surface area (Å²) in [5.74, 6) is 0.849. The van der Waals surface area contributed by atoms with Crippen LogP contribution in [0, 0.1) is 5.92 Å². The highest BCUT2D eigenvalue weighted by atomic mass is 28.2. The summed E-state index contributed by atoms with van der Waals surface area (Å²) in [6.07, 6.45) is 4.17. The Hall–Kier alpha value is -0.413. The van der Waals surface area contributed by atoms with Gasteiger partial charge in [0, 0.05) is 6.42 Å². The first kappa shape index (κ1) is 11.7. The van der Waals surface area contributed by atoms with Gasteiger partial charge in [0.2, 0.25) is 0 Å². The molecule has 1 aliphatic carbocycles. The number of ketones is 1. The molecule has 0 aromatic rings. The second-order valence-electron chi connectivity index (χ2n) is 5.02. The minimum absolute atomic E-state index is 0.0761. The van der Waals surface area contributed by atoms with Crippen molar-refractivity contribution < 1.29 is 9.22 Å². The van der Waals surface area contributed by atoms with Crippen LogP contribution in [0.2, 0.25) is 5.04 Å². The first-order valence-electron chi connectivity index (χ1n) is 5.24. The number of carbonyl (C=O) groups is 1. The third-order valence-corrected chi connectivity index (χ3v) is 5.29.